The fraction of sp³-hybridized carbons (Fsp3) is 0.444. The molecular weight excluding hydrogens is 825 g/mol. The smallest absolute Gasteiger partial charge is 0.164 e. The Hall–Kier alpha value is -3.18. The first-order valence-corrected chi connectivity index (χ1v) is 19.2. The Morgan fingerprint density at radius 1 is 0.863 bits per heavy atom. The molecule has 275 valence electrons. The summed E-state index contributed by atoms with van der Waals surface area (Å²) < 4.78 is 1.29. The SMILES string of the molecule is CC(C)Cc1csc2cc(-c3ccnc(-c4[c-]c5ccccc5c(C(C)(C)C)c4)c3)ncc12.CCC(C)(CC)C(=O)/C=C(\O)C(C)(CC)CC.[Ir]. The zero-order chi connectivity index (χ0) is 36.9. The Labute approximate surface area is 324 Å². The van der Waals surface area contributed by atoms with Crippen LogP contribution in [0, 0.1) is 22.8 Å². The molecule has 5 rings (SSSR count). The van der Waals surface area contributed by atoms with Crippen LogP contribution >= 0.6 is 11.3 Å². The van der Waals surface area contributed by atoms with Crippen LogP contribution in [0.15, 0.2) is 78.1 Å². The molecule has 0 fully saturated rings. The second-order valence-electron chi connectivity index (χ2n) is 15.7. The summed E-state index contributed by atoms with van der Waals surface area (Å²) in [5, 5.41) is 16.1. The van der Waals surface area contributed by atoms with E-state index in [1.54, 1.807) is 0 Å². The molecule has 3 aromatic heterocycles. The normalized spacial score (nSPS) is 12.5. The van der Waals surface area contributed by atoms with Crippen molar-refractivity contribution >= 4 is 38.0 Å². The molecule has 0 amide bonds. The van der Waals surface area contributed by atoms with Crippen molar-refractivity contribution < 1.29 is 30.0 Å². The molecule has 0 saturated carbocycles. The average molecular weight is 882 g/mol. The summed E-state index contributed by atoms with van der Waals surface area (Å²) in [4.78, 5) is 21.7. The second kappa shape index (κ2) is 17.6. The molecule has 1 radical (unpaired) electrons. The molecule has 0 saturated heterocycles. The first kappa shape index (κ1) is 42.2. The van der Waals surface area contributed by atoms with Gasteiger partial charge in [-0.2, -0.15) is 0 Å². The summed E-state index contributed by atoms with van der Waals surface area (Å²) in [6, 6.07) is 20.8. The van der Waals surface area contributed by atoms with Crippen LogP contribution in [0.4, 0.5) is 0 Å². The van der Waals surface area contributed by atoms with Gasteiger partial charge in [0.2, 0.25) is 0 Å². The van der Waals surface area contributed by atoms with Gasteiger partial charge in [-0.1, -0.05) is 111 Å². The van der Waals surface area contributed by atoms with Crippen LogP contribution in [0.2, 0.25) is 0 Å². The Bertz CT molecular complexity index is 1960. The number of aliphatic hydroxyl groups excluding tert-OH is 1. The third-order valence-electron chi connectivity index (χ3n) is 10.7. The van der Waals surface area contributed by atoms with Gasteiger partial charge in [-0.3, -0.25) is 14.8 Å². The summed E-state index contributed by atoms with van der Waals surface area (Å²) in [7, 11) is 0. The van der Waals surface area contributed by atoms with E-state index in [0.717, 1.165) is 60.0 Å². The molecule has 2 aromatic carbocycles. The predicted octanol–water partition coefficient (Wildman–Crippen LogP) is 13.1. The van der Waals surface area contributed by atoms with Crippen LogP contribution < -0.4 is 0 Å². The van der Waals surface area contributed by atoms with Gasteiger partial charge in [0.05, 0.1) is 5.69 Å². The van der Waals surface area contributed by atoms with Crippen molar-refractivity contribution in [2.75, 3.05) is 0 Å². The number of fused-ring (bicyclic) bond motifs is 2. The number of nitrogens with zero attached hydrogens (tertiary/aromatic N) is 2. The van der Waals surface area contributed by atoms with E-state index in [2.05, 4.69) is 88.5 Å². The Kier molecular flexibility index (Phi) is 14.5. The number of pyridine rings is 2. The number of aliphatic hydroxyl groups is 1. The third kappa shape index (κ3) is 9.83. The zero-order valence-corrected chi connectivity index (χ0v) is 35.7. The first-order chi connectivity index (χ1) is 23.6. The summed E-state index contributed by atoms with van der Waals surface area (Å²) >= 11 is 1.81. The van der Waals surface area contributed by atoms with E-state index in [4.69, 9.17) is 9.97 Å². The zero-order valence-electron chi connectivity index (χ0n) is 32.5. The molecule has 0 atom stereocenters. The van der Waals surface area contributed by atoms with E-state index in [9.17, 15) is 9.90 Å². The van der Waals surface area contributed by atoms with Gasteiger partial charge in [0, 0.05) is 65.2 Å². The Morgan fingerprint density at radius 3 is 2.12 bits per heavy atom. The van der Waals surface area contributed by atoms with Gasteiger partial charge in [0.1, 0.15) is 5.76 Å². The van der Waals surface area contributed by atoms with Gasteiger partial charge in [0.15, 0.2) is 5.78 Å². The monoisotopic (exact) mass is 882 g/mol. The van der Waals surface area contributed by atoms with Crippen molar-refractivity contribution in [3.05, 3.63) is 95.3 Å². The summed E-state index contributed by atoms with van der Waals surface area (Å²) in [6.45, 7) is 23.4. The van der Waals surface area contributed by atoms with E-state index < -0.39 is 0 Å². The topological polar surface area (TPSA) is 63.1 Å². The number of ketones is 1. The van der Waals surface area contributed by atoms with Gasteiger partial charge in [0.25, 0.3) is 0 Å². The molecule has 4 nitrogen and oxygen atoms in total. The number of allylic oxidation sites excluding steroid dienone is 2. The van der Waals surface area contributed by atoms with Gasteiger partial charge in [-0.15, -0.1) is 40.5 Å². The fourth-order valence-corrected chi connectivity index (χ4v) is 7.12. The van der Waals surface area contributed by atoms with Crippen molar-refractivity contribution in [2.45, 2.75) is 114 Å². The Morgan fingerprint density at radius 2 is 1.51 bits per heavy atom. The number of carbonyl (C=O) groups excluding carboxylic acids is 1. The van der Waals surface area contributed by atoms with E-state index in [-0.39, 0.29) is 47.9 Å². The van der Waals surface area contributed by atoms with Crippen molar-refractivity contribution in [3.63, 3.8) is 0 Å². The standard InChI is InChI=1S/C30H29N2S.C15H28O2.Ir/c1-19(2)12-23-18-33-29-16-28(32-17-25(23)29)21-10-11-31-27(15-21)22-13-20-8-6-7-9-24(20)26(14-22)30(3,4)5;1-7-14(5,8-2)12(16)11-13(17)15(6,9-3)10-4;/h6-11,14-19H,12H2,1-5H3;11,16H,7-10H2,1-6H3;/q-1;;/b;12-11-;. The van der Waals surface area contributed by atoms with Crippen LogP contribution in [-0.4, -0.2) is 20.9 Å². The predicted molar refractivity (Wildman–Crippen MR) is 215 cm³/mol. The minimum absolute atomic E-state index is 0. The number of hydrogen-bond donors (Lipinski definition) is 1. The minimum Gasteiger partial charge on any atom is -0.512 e. The van der Waals surface area contributed by atoms with Crippen LogP contribution in [-0.2, 0) is 36.7 Å². The number of rotatable bonds is 11. The van der Waals surface area contributed by atoms with E-state index in [1.165, 1.54) is 32.7 Å². The molecule has 0 aliphatic rings. The van der Waals surface area contributed by atoms with Crippen molar-refractivity contribution in [1.29, 1.82) is 0 Å². The number of carbonyl (C=O) groups is 1. The molecule has 0 spiro atoms. The molecule has 5 aromatic rings. The number of hydrogen-bond acceptors (Lipinski definition) is 5. The van der Waals surface area contributed by atoms with Gasteiger partial charge < -0.3 is 5.11 Å². The van der Waals surface area contributed by atoms with Crippen molar-refractivity contribution in [2.24, 2.45) is 16.7 Å². The number of benzene rings is 2. The number of aromatic nitrogens is 2. The maximum atomic E-state index is 12.2. The third-order valence-corrected chi connectivity index (χ3v) is 11.7. The van der Waals surface area contributed by atoms with Crippen LogP contribution in [0.1, 0.15) is 113 Å². The first-order valence-electron chi connectivity index (χ1n) is 18.3. The van der Waals surface area contributed by atoms with E-state index in [1.807, 2.05) is 71.3 Å². The quantitative estimate of drug-likeness (QED) is 0.0815. The van der Waals surface area contributed by atoms with Crippen LogP contribution in [0.25, 0.3) is 43.4 Å². The summed E-state index contributed by atoms with van der Waals surface area (Å²) in [6.07, 6.45) is 9.77. The molecule has 0 bridgehead atoms. The average Bonchev–Trinajstić information content (AvgIpc) is 3.51. The van der Waals surface area contributed by atoms with Crippen LogP contribution in [0.3, 0.4) is 0 Å². The Balaban J connectivity index is 0.000000335. The van der Waals surface area contributed by atoms with Crippen LogP contribution in [0.5, 0.6) is 0 Å². The van der Waals surface area contributed by atoms with Gasteiger partial charge in [-0.05, 0) is 72.1 Å². The summed E-state index contributed by atoms with van der Waals surface area (Å²) in [5.74, 6) is 0.926. The van der Waals surface area contributed by atoms with Crippen molar-refractivity contribution in [3.8, 4) is 22.5 Å². The van der Waals surface area contributed by atoms with Gasteiger partial charge >= 0.3 is 0 Å². The maximum absolute atomic E-state index is 12.2. The van der Waals surface area contributed by atoms with Gasteiger partial charge in [-0.25, -0.2) is 0 Å². The largest absolute Gasteiger partial charge is 0.512 e. The van der Waals surface area contributed by atoms with E-state index >= 15 is 0 Å². The molecule has 0 aliphatic carbocycles. The maximum Gasteiger partial charge on any atom is 0.164 e. The minimum atomic E-state index is -0.337. The fourth-order valence-electron chi connectivity index (χ4n) is 6.14. The molecule has 1 N–H and O–H groups in total. The van der Waals surface area contributed by atoms with Crippen molar-refractivity contribution in [1.82, 2.24) is 9.97 Å². The molecule has 6 heteroatoms. The second-order valence-corrected chi connectivity index (χ2v) is 16.6. The summed E-state index contributed by atoms with van der Waals surface area (Å²) in [5.41, 5.74) is 6.17. The molecule has 51 heavy (non-hydrogen) atoms. The molecule has 3 heterocycles. The van der Waals surface area contributed by atoms with E-state index in [0.29, 0.717) is 5.92 Å². The molecular formula is C45H57IrN2O2S-. The molecule has 0 unspecified atom stereocenters. The molecule has 0 aliphatic heterocycles. The number of thiophene rings is 1.